The molecule has 0 aromatic rings. The van der Waals surface area contributed by atoms with Gasteiger partial charge in [-0.15, -0.1) is 0 Å². The zero-order valence-corrected chi connectivity index (χ0v) is 8.91. The quantitative estimate of drug-likeness (QED) is 0.489. The fourth-order valence-electron chi connectivity index (χ4n) is 1.82. The maximum atomic E-state index is 9.63. The Kier molecular flexibility index (Phi) is 4.95. The molecule has 1 aliphatic heterocycles. The molecule has 0 amide bonds. The normalized spacial score (nSPS) is 41.8. The minimum Gasteiger partial charge on any atom is -0.394 e. The Bertz CT molecular complexity index is 185. The predicted octanol–water partition coefficient (Wildman–Crippen LogP) is -0.981. The number of aliphatic hydroxyl groups excluding tert-OH is 4. The average molecular weight is 220 g/mol. The highest BCUT2D eigenvalue weighted by Gasteiger charge is 2.42. The molecule has 0 saturated carbocycles. The van der Waals surface area contributed by atoms with Gasteiger partial charge in [-0.3, -0.25) is 0 Å². The zero-order valence-electron chi connectivity index (χ0n) is 8.91. The van der Waals surface area contributed by atoms with Crippen LogP contribution >= 0.6 is 0 Å². The van der Waals surface area contributed by atoms with E-state index in [9.17, 15) is 15.3 Å². The van der Waals surface area contributed by atoms with E-state index < -0.39 is 30.5 Å². The first-order valence-corrected chi connectivity index (χ1v) is 5.42. The van der Waals surface area contributed by atoms with Gasteiger partial charge in [0.25, 0.3) is 0 Å². The number of ether oxygens (including phenoxy) is 1. The Balaban J connectivity index is 2.57. The summed E-state index contributed by atoms with van der Waals surface area (Å²) in [6.07, 6.45) is -2.36. The van der Waals surface area contributed by atoms with E-state index >= 15 is 0 Å². The molecule has 0 bridgehead atoms. The summed E-state index contributed by atoms with van der Waals surface area (Å²) in [6, 6.07) is 0. The molecule has 0 spiro atoms. The van der Waals surface area contributed by atoms with Crippen molar-refractivity contribution >= 4 is 0 Å². The standard InChI is InChI=1S/C10H20O5/c1-2-3-4-6-8(12)10(14)9(13)7(5-11)15-6/h6-14H,2-5H2,1H3/t6-,7?,8?,9+,10-/m1/s1. The van der Waals surface area contributed by atoms with Crippen molar-refractivity contribution in [2.75, 3.05) is 6.61 Å². The van der Waals surface area contributed by atoms with Crippen LogP contribution < -0.4 is 0 Å². The van der Waals surface area contributed by atoms with Crippen LogP contribution in [0.5, 0.6) is 0 Å². The summed E-state index contributed by atoms with van der Waals surface area (Å²) in [6.45, 7) is 1.66. The van der Waals surface area contributed by atoms with Gasteiger partial charge in [0, 0.05) is 0 Å². The minimum atomic E-state index is -1.24. The molecule has 1 heterocycles. The maximum Gasteiger partial charge on any atom is 0.111 e. The van der Waals surface area contributed by atoms with E-state index in [2.05, 4.69) is 0 Å². The molecule has 5 atom stereocenters. The Morgan fingerprint density at radius 2 is 1.60 bits per heavy atom. The molecule has 0 aromatic heterocycles. The van der Waals surface area contributed by atoms with Crippen LogP contribution in [0, 0.1) is 0 Å². The molecule has 4 N–H and O–H groups in total. The van der Waals surface area contributed by atoms with E-state index in [4.69, 9.17) is 9.84 Å². The summed E-state index contributed by atoms with van der Waals surface area (Å²) in [5.74, 6) is 0. The first kappa shape index (κ1) is 12.9. The van der Waals surface area contributed by atoms with Crippen LogP contribution in [0.25, 0.3) is 0 Å². The molecule has 1 aliphatic rings. The SMILES string of the molecule is CCCC[C@H]1OC(CO)[C@H](O)[C@H](O)C1O. The lowest BCUT2D eigenvalue weighted by Gasteiger charge is -2.40. The van der Waals surface area contributed by atoms with Crippen LogP contribution in [-0.2, 0) is 4.74 Å². The molecule has 1 saturated heterocycles. The van der Waals surface area contributed by atoms with Gasteiger partial charge in [-0.25, -0.2) is 0 Å². The third-order valence-electron chi connectivity index (χ3n) is 2.83. The van der Waals surface area contributed by atoms with E-state index in [-0.39, 0.29) is 6.61 Å². The number of rotatable bonds is 4. The minimum absolute atomic E-state index is 0.354. The van der Waals surface area contributed by atoms with E-state index in [1.165, 1.54) is 0 Å². The topological polar surface area (TPSA) is 90.2 Å². The lowest BCUT2D eigenvalue weighted by atomic mass is 9.92. The molecule has 5 nitrogen and oxygen atoms in total. The molecule has 0 aliphatic carbocycles. The molecular formula is C10H20O5. The van der Waals surface area contributed by atoms with E-state index in [1.807, 2.05) is 6.92 Å². The molecule has 1 rings (SSSR count). The Hall–Kier alpha value is -0.200. The molecule has 2 unspecified atom stereocenters. The van der Waals surface area contributed by atoms with Gasteiger partial charge in [-0.1, -0.05) is 19.8 Å². The average Bonchev–Trinajstić information content (AvgIpc) is 2.25. The molecule has 0 radical (unpaired) electrons. The highest BCUT2D eigenvalue weighted by Crippen LogP contribution is 2.24. The molecular weight excluding hydrogens is 200 g/mol. The number of unbranched alkanes of at least 4 members (excludes halogenated alkanes) is 1. The van der Waals surface area contributed by atoms with Crippen LogP contribution in [0.2, 0.25) is 0 Å². The lowest BCUT2D eigenvalue weighted by Crippen LogP contribution is -2.58. The second-order valence-corrected chi connectivity index (χ2v) is 4.01. The third kappa shape index (κ3) is 2.89. The first-order chi connectivity index (χ1) is 7.11. The fraction of sp³-hybridized carbons (Fsp3) is 1.00. The van der Waals surface area contributed by atoms with Crippen molar-refractivity contribution in [3.8, 4) is 0 Å². The lowest BCUT2D eigenvalue weighted by molar-refractivity contribution is -0.230. The van der Waals surface area contributed by atoms with Gasteiger partial charge in [0.15, 0.2) is 0 Å². The Morgan fingerprint density at radius 3 is 2.13 bits per heavy atom. The summed E-state index contributed by atoms with van der Waals surface area (Å²) in [5.41, 5.74) is 0. The van der Waals surface area contributed by atoms with Crippen molar-refractivity contribution in [3.05, 3.63) is 0 Å². The van der Waals surface area contributed by atoms with Gasteiger partial charge in [0.1, 0.15) is 24.4 Å². The maximum absolute atomic E-state index is 9.63. The molecule has 5 heteroatoms. The van der Waals surface area contributed by atoms with Crippen molar-refractivity contribution in [2.45, 2.75) is 56.7 Å². The van der Waals surface area contributed by atoms with Crippen LogP contribution in [0.3, 0.4) is 0 Å². The Labute approximate surface area is 89.3 Å². The predicted molar refractivity (Wildman–Crippen MR) is 53.3 cm³/mol. The van der Waals surface area contributed by atoms with Gasteiger partial charge in [-0.05, 0) is 6.42 Å². The monoisotopic (exact) mass is 220 g/mol. The Morgan fingerprint density at radius 1 is 1.00 bits per heavy atom. The molecule has 0 aromatic carbocycles. The van der Waals surface area contributed by atoms with Crippen LogP contribution in [0.4, 0.5) is 0 Å². The van der Waals surface area contributed by atoms with E-state index in [1.54, 1.807) is 0 Å². The zero-order chi connectivity index (χ0) is 11.4. The van der Waals surface area contributed by atoms with Gasteiger partial charge in [-0.2, -0.15) is 0 Å². The van der Waals surface area contributed by atoms with Gasteiger partial charge in [0.2, 0.25) is 0 Å². The summed E-state index contributed by atoms with van der Waals surface area (Å²) in [7, 11) is 0. The third-order valence-corrected chi connectivity index (χ3v) is 2.83. The number of hydrogen-bond donors (Lipinski definition) is 4. The highest BCUT2D eigenvalue weighted by molar-refractivity contribution is 4.91. The molecule has 15 heavy (non-hydrogen) atoms. The van der Waals surface area contributed by atoms with E-state index in [0.29, 0.717) is 6.42 Å². The van der Waals surface area contributed by atoms with Gasteiger partial charge >= 0.3 is 0 Å². The van der Waals surface area contributed by atoms with Crippen LogP contribution in [0.1, 0.15) is 26.2 Å². The van der Waals surface area contributed by atoms with Crippen molar-refractivity contribution in [2.24, 2.45) is 0 Å². The summed E-state index contributed by atoms with van der Waals surface area (Å²) in [5, 5.41) is 37.5. The van der Waals surface area contributed by atoms with Gasteiger partial charge in [0.05, 0.1) is 12.7 Å². The molecule has 90 valence electrons. The van der Waals surface area contributed by atoms with Gasteiger partial charge < -0.3 is 25.2 Å². The highest BCUT2D eigenvalue weighted by atomic mass is 16.5. The summed E-state index contributed by atoms with van der Waals surface area (Å²) >= 11 is 0. The van der Waals surface area contributed by atoms with Crippen molar-refractivity contribution < 1.29 is 25.2 Å². The van der Waals surface area contributed by atoms with E-state index in [0.717, 1.165) is 12.8 Å². The largest absolute Gasteiger partial charge is 0.394 e. The second-order valence-electron chi connectivity index (χ2n) is 4.01. The number of hydrogen-bond acceptors (Lipinski definition) is 5. The number of aliphatic hydroxyl groups is 4. The van der Waals surface area contributed by atoms with Crippen molar-refractivity contribution in [3.63, 3.8) is 0 Å². The van der Waals surface area contributed by atoms with Crippen molar-refractivity contribution in [1.82, 2.24) is 0 Å². The van der Waals surface area contributed by atoms with Crippen LogP contribution in [-0.4, -0.2) is 57.6 Å². The summed E-state index contributed by atoms with van der Waals surface area (Å²) < 4.78 is 5.32. The van der Waals surface area contributed by atoms with Crippen LogP contribution in [0.15, 0.2) is 0 Å². The van der Waals surface area contributed by atoms with Crippen molar-refractivity contribution in [1.29, 1.82) is 0 Å². The molecule has 1 fully saturated rings. The first-order valence-electron chi connectivity index (χ1n) is 5.42. The fourth-order valence-corrected chi connectivity index (χ4v) is 1.82. The summed E-state index contributed by atoms with van der Waals surface area (Å²) in [4.78, 5) is 0. The smallest absolute Gasteiger partial charge is 0.111 e. The second kappa shape index (κ2) is 5.77.